The molecule has 0 aliphatic heterocycles. The maximum absolute atomic E-state index is 11.6. The number of amides is 1. The third kappa shape index (κ3) is 4.30. The Morgan fingerprint density at radius 3 is 3.00 bits per heavy atom. The van der Waals surface area contributed by atoms with E-state index in [4.69, 9.17) is 10.5 Å². The van der Waals surface area contributed by atoms with Crippen molar-refractivity contribution in [2.75, 3.05) is 13.7 Å². The number of nitrogens with two attached hydrogens (primary N) is 1. The largest absolute Gasteiger partial charge is 0.383 e. The van der Waals surface area contributed by atoms with E-state index in [-0.39, 0.29) is 18.6 Å². The van der Waals surface area contributed by atoms with Crippen molar-refractivity contribution in [3.05, 3.63) is 22.4 Å². The Hall–Kier alpha value is -0.910. The first-order valence-electron chi connectivity index (χ1n) is 5.20. The summed E-state index contributed by atoms with van der Waals surface area (Å²) in [6.07, 6.45) is 0.836. The second kappa shape index (κ2) is 6.62. The van der Waals surface area contributed by atoms with E-state index in [9.17, 15) is 4.79 Å². The highest BCUT2D eigenvalue weighted by Gasteiger charge is 2.15. The summed E-state index contributed by atoms with van der Waals surface area (Å²) in [5.74, 6) is -0.161. The molecule has 0 aromatic carbocycles. The first kappa shape index (κ1) is 13.2. The zero-order valence-corrected chi connectivity index (χ0v) is 10.4. The maximum Gasteiger partial charge on any atom is 0.239 e. The first-order chi connectivity index (χ1) is 7.63. The van der Waals surface area contributed by atoms with Crippen LogP contribution in [0.2, 0.25) is 0 Å². The number of carbonyl (C=O) groups is 1. The number of ether oxygens (including phenoxy) is 1. The van der Waals surface area contributed by atoms with Crippen molar-refractivity contribution >= 4 is 17.2 Å². The van der Waals surface area contributed by atoms with Gasteiger partial charge in [0.25, 0.3) is 0 Å². The van der Waals surface area contributed by atoms with Crippen molar-refractivity contribution in [3.8, 4) is 0 Å². The molecule has 90 valence electrons. The molecule has 0 aliphatic rings. The summed E-state index contributed by atoms with van der Waals surface area (Å²) in [4.78, 5) is 12.8. The molecule has 1 heterocycles. The van der Waals surface area contributed by atoms with Crippen LogP contribution in [0.4, 0.5) is 0 Å². The van der Waals surface area contributed by atoms with Gasteiger partial charge in [-0.15, -0.1) is 11.3 Å². The molecule has 1 aromatic heterocycles. The highest BCUT2D eigenvalue weighted by molar-refractivity contribution is 7.09. The molecule has 0 spiro atoms. The molecular formula is C11H18N2O2S. The maximum atomic E-state index is 11.6. The zero-order valence-electron chi connectivity index (χ0n) is 9.60. The van der Waals surface area contributed by atoms with Gasteiger partial charge in [-0.3, -0.25) is 4.79 Å². The molecule has 1 amide bonds. The van der Waals surface area contributed by atoms with E-state index in [0.717, 1.165) is 6.42 Å². The molecule has 5 heteroatoms. The van der Waals surface area contributed by atoms with Crippen LogP contribution >= 0.6 is 11.3 Å². The number of rotatable bonds is 6. The number of nitrogens with one attached hydrogen (secondary N) is 1. The van der Waals surface area contributed by atoms with Gasteiger partial charge in [0.1, 0.15) is 6.04 Å². The van der Waals surface area contributed by atoms with E-state index in [0.29, 0.717) is 0 Å². The molecule has 1 rings (SSSR count). The van der Waals surface area contributed by atoms with Crippen molar-refractivity contribution in [1.29, 1.82) is 0 Å². The topological polar surface area (TPSA) is 64.3 Å². The van der Waals surface area contributed by atoms with Gasteiger partial charge in [-0.05, 0) is 18.4 Å². The average molecular weight is 242 g/mol. The number of carbonyl (C=O) groups excluding carboxylic acids is 1. The molecule has 16 heavy (non-hydrogen) atoms. The molecule has 3 N–H and O–H groups in total. The van der Waals surface area contributed by atoms with Crippen LogP contribution in [0.5, 0.6) is 0 Å². The normalized spacial score (nSPS) is 14.4. The lowest BCUT2D eigenvalue weighted by atomic mass is 10.2. The molecule has 0 bridgehead atoms. The molecule has 2 unspecified atom stereocenters. The summed E-state index contributed by atoms with van der Waals surface area (Å²) in [6.45, 7) is 2.22. The molecule has 2 atom stereocenters. The van der Waals surface area contributed by atoms with Crippen molar-refractivity contribution in [3.63, 3.8) is 0 Å². The van der Waals surface area contributed by atoms with Crippen LogP contribution in [0, 0.1) is 0 Å². The summed E-state index contributed by atoms with van der Waals surface area (Å²) >= 11 is 1.69. The van der Waals surface area contributed by atoms with Crippen LogP contribution in [-0.4, -0.2) is 31.7 Å². The minimum atomic E-state index is -0.587. The van der Waals surface area contributed by atoms with Crippen LogP contribution in [-0.2, 0) is 16.0 Å². The number of methoxy groups -OCH3 is 1. The predicted molar refractivity (Wildman–Crippen MR) is 65.5 cm³/mol. The van der Waals surface area contributed by atoms with Gasteiger partial charge in [0.2, 0.25) is 5.91 Å². The summed E-state index contributed by atoms with van der Waals surface area (Å²) in [6, 6.07) is 3.57. The lowest BCUT2D eigenvalue weighted by molar-refractivity contribution is -0.124. The van der Waals surface area contributed by atoms with Crippen LogP contribution in [0.1, 0.15) is 11.8 Å². The van der Waals surface area contributed by atoms with Crippen LogP contribution in [0.15, 0.2) is 17.5 Å². The van der Waals surface area contributed by atoms with Gasteiger partial charge >= 0.3 is 0 Å². The lowest BCUT2D eigenvalue weighted by Gasteiger charge is -2.16. The van der Waals surface area contributed by atoms with E-state index in [1.165, 1.54) is 12.0 Å². The zero-order chi connectivity index (χ0) is 12.0. The van der Waals surface area contributed by atoms with Crippen LogP contribution in [0.25, 0.3) is 0 Å². The predicted octanol–water partition coefficient (Wildman–Crippen LogP) is 0.769. The highest BCUT2D eigenvalue weighted by Crippen LogP contribution is 2.10. The first-order valence-corrected chi connectivity index (χ1v) is 6.08. The van der Waals surface area contributed by atoms with Gasteiger partial charge in [0.05, 0.1) is 6.61 Å². The van der Waals surface area contributed by atoms with Crippen molar-refractivity contribution in [2.24, 2.45) is 5.73 Å². The molecular weight excluding hydrogens is 224 g/mol. The van der Waals surface area contributed by atoms with Crippen molar-refractivity contribution in [1.82, 2.24) is 5.32 Å². The summed E-state index contributed by atoms with van der Waals surface area (Å²) < 4.78 is 4.83. The van der Waals surface area contributed by atoms with E-state index in [2.05, 4.69) is 11.4 Å². The average Bonchev–Trinajstić information content (AvgIpc) is 2.70. The van der Waals surface area contributed by atoms with Gasteiger partial charge in [0.15, 0.2) is 0 Å². The van der Waals surface area contributed by atoms with Crippen LogP contribution in [0.3, 0.4) is 0 Å². The smallest absolute Gasteiger partial charge is 0.239 e. The second-order valence-electron chi connectivity index (χ2n) is 3.75. The Morgan fingerprint density at radius 2 is 2.44 bits per heavy atom. The summed E-state index contributed by atoms with van der Waals surface area (Å²) in [5.41, 5.74) is 5.61. The fourth-order valence-electron chi connectivity index (χ4n) is 1.39. The summed E-state index contributed by atoms with van der Waals surface area (Å²) in [7, 11) is 1.53. The lowest BCUT2D eigenvalue weighted by Crippen LogP contribution is -2.47. The number of hydrogen-bond acceptors (Lipinski definition) is 4. The van der Waals surface area contributed by atoms with Gasteiger partial charge in [-0.25, -0.2) is 0 Å². The van der Waals surface area contributed by atoms with Crippen LogP contribution < -0.4 is 11.1 Å². The van der Waals surface area contributed by atoms with E-state index in [1.54, 1.807) is 11.3 Å². The molecule has 0 saturated carbocycles. The van der Waals surface area contributed by atoms with Crippen molar-refractivity contribution in [2.45, 2.75) is 25.4 Å². The van der Waals surface area contributed by atoms with Gasteiger partial charge < -0.3 is 15.8 Å². The highest BCUT2D eigenvalue weighted by atomic mass is 32.1. The quantitative estimate of drug-likeness (QED) is 0.774. The Balaban J connectivity index is 2.33. The minimum absolute atomic E-state index is 0.0917. The third-order valence-electron chi connectivity index (χ3n) is 2.16. The Morgan fingerprint density at radius 1 is 1.69 bits per heavy atom. The summed E-state index contributed by atoms with van der Waals surface area (Å²) in [5, 5.41) is 4.89. The molecule has 0 aliphatic carbocycles. The minimum Gasteiger partial charge on any atom is -0.383 e. The Kier molecular flexibility index (Phi) is 5.45. The van der Waals surface area contributed by atoms with Crippen molar-refractivity contribution < 1.29 is 9.53 Å². The SMILES string of the molecule is COCC(N)C(=O)NC(C)Cc1cccs1. The molecule has 0 fully saturated rings. The molecule has 0 saturated heterocycles. The van der Waals surface area contributed by atoms with E-state index in [1.807, 2.05) is 18.4 Å². The fourth-order valence-corrected chi connectivity index (χ4v) is 2.22. The molecule has 0 radical (unpaired) electrons. The number of hydrogen-bond donors (Lipinski definition) is 2. The molecule has 1 aromatic rings. The third-order valence-corrected chi connectivity index (χ3v) is 3.06. The fraction of sp³-hybridized carbons (Fsp3) is 0.545. The van der Waals surface area contributed by atoms with Gasteiger partial charge in [-0.2, -0.15) is 0 Å². The Bertz CT molecular complexity index is 314. The second-order valence-corrected chi connectivity index (χ2v) is 4.79. The standard InChI is InChI=1S/C11H18N2O2S/c1-8(6-9-4-3-5-16-9)13-11(14)10(12)7-15-2/h3-5,8,10H,6-7,12H2,1-2H3,(H,13,14). The van der Waals surface area contributed by atoms with E-state index >= 15 is 0 Å². The van der Waals surface area contributed by atoms with Gasteiger partial charge in [-0.1, -0.05) is 6.07 Å². The number of thiophene rings is 1. The molecule has 4 nitrogen and oxygen atoms in total. The van der Waals surface area contributed by atoms with E-state index < -0.39 is 6.04 Å². The monoisotopic (exact) mass is 242 g/mol. The Labute approximate surface area is 99.8 Å². The van der Waals surface area contributed by atoms with Gasteiger partial charge in [0, 0.05) is 24.4 Å².